The Morgan fingerprint density at radius 1 is 0.921 bits per heavy atom. The summed E-state index contributed by atoms with van der Waals surface area (Å²) in [6.07, 6.45) is -0.0418. The second kappa shape index (κ2) is 11.2. The topological polar surface area (TPSA) is 85.4 Å². The zero-order valence-electron chi connectivity index (χ0n) is 22.0. The van der Waals surface area contributed by atoms with Crippen LogP contribution in [0.15, 0.2) is 77.7 Å². The summed E-state index contributed by atoms with van der Waals surface area (Å²) in [6, 6.07) is 20.8. The van der Waals surface area contributed by atoms with Gasteiger partial charge in [-0.1, -0.05) is 18.2 Å². The molecule has 9 heteroatoms. The lowest BCUT2D eigenvalue weighted by Gasteiger charge is -2.38. The van der Waals surface area contributed by atoms with E-state index in [1.807, 2.05) is 48.5 Å². The molecule has 0 aliphatic carbocycles. The summed E-state index contributed by atoms with van der Waals surface area (Å²) in [6.45, 7) is 0. The Bertz CT molecular complexity index is 1330. The number of hydrogen-bond acceptors (Lipinski definition) is 7. The highest BCUT2D eigenvalue weighted by molar-refractivity contribution is 8.01. The first-order valence-electron chi connectivity index (χ1n) is 11.9. The Morgan fingerprint density at radius 2 is 1.53 bits per heavy atom. The molecule has 0 bridgehead atoms. The number of esters is 1. The fourth-order valence-electron chi connectivity index (χ4n) is 4.72. The van der Waals surface area contributed by atoms with E-state index in [1.54, 1.807) is 57.5 Å². The second-order valence-corrected chi connectivity index (χ2v) is 10.4. The predicted molar refractivity (Wildman–Crippen MR) is 146 cm³/mol. The van der Waals surface area contributed by atoms with E-state index in [-0.39, 0.29) is 18.2 Å². The van der Waals surface area contributed by atoms with Gasteiger partial charge in [-0.15, -0.1) is 11.8 Å². The lowest BCUT2D eigenvalue weighted by molar-refractivity contribution is -0.132. The van der Waals surface area contributed by atoms with E-state index in [9.17, 15) is 14.4 Å². The normalized spacial score (nSPS) is 18.7. The van der Waals surface area contributed by atoms with Crippen LogP contribution < -0.4 is 14.4 Å². The highest BCUT2D eigenvalue weighted by Gasteiger charge is 2.59. The number of nitrogens with zero attached hydrogens (tertiary/aromatic N) is 2. The number of anilines is 1. The van der Waals surface area contributed by atoms with Crippen molar-refractivity contribution in [2.45, 2.75) is 22.1 Å². The van der Waals surface area contributed by atoms with Gasteiger partial charge in [0.25, 0.3) is 0 Å². The lowest BCUT2D eigenvalue weighted by atomic mass is 9.91. The maximum absolute atomic E-state index is 14.0. The zero-order valence-corrected chi connectivity index (χ0v) is 22.8. The predicted octanol–water partition coefficient (Wildman–Crippen LogP) is 4.59. The van der Waals surface area contributed by atoms with Gasteiger partial charge in [-0.2, -0.15) is 0 Å². The highest BCUT2D eigenvalue weighted by Crippen LogP contribution is 2.54. The third kappa shape index (κ3) is 5.06. The molecule has 1 fully saturated rings. The van der Waals surface area contributed by atoms with Crippen LogP contribution in [0.5, 0.6) is 11.5 Å². The number of benzene rings is 3. The fourth-order valence-corrected chi connectivity index (χ4v) is 6.23. The Balaban J connectivity index is 1.92. The van der Waals surface area contributed by atoms with Gasteiger partial charge in [0.15, 0.2) is 0 Å². The third-order valence-electron chi connectivity index (χ3n) is 6.49. The Morgan fingerprint density at radius 3 is 2.08 bits per heavy atom. The van der Waals surface area contributed by atoms with Crippen molar-refractivity contribution >= 4 is 35.2 Å². The standard InChI is InChI=1S/C29H30N2O6S/c1-30(2)28(34)29(38-24-15-13-23(36-4)14-16-24)18-25(32)31(21-8-6-7-20(17-21)27(33)37-5)26(29)19-9-11-22(35-3)12-10-19/h6-17,26H,18H2,1-5H3/t26-,29-/m1/s1. The Labute approximate surface area is 226 Å². The van der Waals surface area contributed by atoms with Crippen LogP contribution in [-0.2, 0) is 14.3 Å². The van der Waals surface area contributed by atoms with Crippen LogP contribution in [0.25, 0.3) is 0 Å². The van der Waals surface area contributed by atoms with Gasteiger partial charge in [-0.25, -0.2) is 4.79 Å². The molecular formula is C29H30N2O6S. The molecule has 3 aromatic rings. The first kappa shape index (κ1) is 27.1. The fraction of sp³-hybridized carbons (Fsp3) is 0.276. The average Bonchev–Trinajstić information content (AvgIpc) is 3.24. The van der Waals surface area contributed by atoms with Gasteiger partial charge in [0.2, 0.25) is 11.8 Å². The number of amides is 2. The third-order valence-corrected chi connectivity index (χ3v) is 7.90. The monoisotopic (exact) mass is 534 g/mol. The van der Waals surface area contributed by atoms with Crippen molar-refractivity contribution in [1.29, 1.82) is 0 Å². The average molecular weight is 535 g/mol. The highest BCUT2D eigenvalue weighted by atomic mass is 32.2. The molecule has 4 rings (SSSR count). The van der Waals surface area contributed by atoms with Crippen molar-refractivity contribution in [3.8, 4) is 11.5 Å². The van der Waals surface area contributed by atoms with Crippen LogP contribution in [0.4, 0.5) is 5.69 Å². The summed E-state index contributed by atoms with van der Waals surface area (Å²) < 4.78 is 14.3. The van der Waals surface area contributed by atoms with Crippen LogP contribution in [-0.4, -0.2) is 62.9 Å². The Kier molecular flexibility index (Phi) is 7.97. The minimum absolute atomic E-state index is 0.0418. The summed E-state index contributed by atoms with van der Waals surface area (Å²) in [5.74, 6) is 0.410. The maximum Gasteiger partial charge on any atom is 0.337 e. The molecule has 0 aromatic heterocycles. The smallest absolute Gasteiger partial charge is 0.337 e. The molecule has 1 aliphatic heterocycles. The zero-order chi connectivity index (χ0) is 27.4. The SMILES string of the molecule is COC(=O)c1cccc(N2C(=O)C[C@](Sc3ccc(OC)cc3)(C(=O)N(C)C)[C@H]2c2ccc(OC)cc2)c1. The molecule has 0 unspecified atom stereocenters. The molecule has 2 amide bonds. The molecule has 0 saturated carbocycles. The van der Waals surface area contributed by atoms with Crippen LogP contribution in [0.1, 0.15) is 28.4 Å². The molecule has 1 aliphatic rings. The number of ether oxygens (including phenoxy) is 3. The van der Waals surface area contributed by atoms with Gasteiger partial charge in [-0.05, 0) is 60.2 Å². The van der Waals surface area contributed by atoms with Crippen molar-refractivity contribution in [3.63, 3.8) is 0 Å². The van der Waals surface area contributed by atoms with Crippen LogP contribution >= 0.6 is 11.8 Å². The molecular weight excluding hydrogens is 504 g/mol. The Hall–Kier alpha value is -3.98. The molecule has 1 saturated heterocycles. The minimum Gasteiger partial charge on any atom is -0.497 e. The van der Waals surface area contributed by atoms with Crippen molar-refractivity contribution in [3.05, 3.63) is 83.9 Å². The lowest BCUT2D eigenvalue weighted by Crippen LogP contribution is -2.47. The summed E-state index contributed by atoms with van der Waals surface area (Å²) in [7, 11) is 7.86. The van der Waals surface area contributed by atoms with Crippen LogP contribution in [0.2, 0.25) is 0 Å². The molecule has 2 atom stereocenters. The molecule has 0 spiro atoms. The molecule has 1 heterocycles. The molecule has 0 N–H and O–H groups in total. The van der Waals surface area contributed by atoms with Crippen molar-refractivity contribution in [1.82, 2.24) is 4.90 Å². The second-order valence-electron chi connectivity index (χ2n) is 9.02. The van der Waals surface area contributed by atoms with Gasteiger partial charge >= 0.3 is 5.97 Å². The number of carbonyl (C=O) groups is 3. The van der Waals surface area contributed by atoms with Gasteiger partial charge in [0, 0.05) is 24.7 Å². The van der Waals surface area contributed by atoms with Crippen molar-refractivity contribution < 1.29 is 28.6 Å². The van der Waals surface area contributed by atoms with E-state index >= 15 is 0 Å². The van der Waals surface area contributed by atoms with E-state index in [1.165, 1.54) is 23.8 Å². The van der Waals surface area contributed by atoms with Crippen LogP contribution in [0.3, 0.4) is 0 Å². The molecule has 38 heavy (non-hydrogen) atoms. The largest absolute Gasteiger partial charge is 0.497 e. The van der Waals surface area contributed by atoms with Crippen LogP contribution in [0, 0.1) is 0 Å². The maximum atomic E-state index is 14.0. The van der Waals surface area contributed by atoms with E-state index in [0.29, 0.717) is 22.7 Å². The van der Waals surface area contributed by atoms with E-state index in [2.05, 4.69) is 0 Å². The van der Waals surface area contributed by atoms with Gasteiger partial charge in [0.05, 0.1) is 39.4 Å². The van der Waals surface area contributed by atoms with Gasteiger partial charge in [0.1, 0.15) is 16.2 Å². The van der Waals surface area contributed by atoms with Gasteiger partial charge < -0.3 is 24.0 Å². The number of thioether (sulfide) groups is 1. The van der Waals surface area contributed by atoms with E-state index < -0.39 is 16.8 Å². The first-order valence-corrected chi connectivity index (χ1v) is 12.7. The number of carbonyl (C=O) groups excluding carboxylic acids is 3. The summed E-state index contributed by atoms with van der Waals surface area (Å²) in [4.78, 5) is 44.1. The summed E-state index contributed by atoms with van der Waals surface area (Å²) >= 11 is 1.35. The summed E-state index contributed by atoms with van der Waals surface area (Å²) in [5, 5.41) is 0. The van der Waals surface area contributed by atoms with Crippen molar-refractivity contribution in [2.75, 3.05) is 40.3 Å². The number of methoxy groups -OCH3 is 3. The molecule has 3 aromatic carbocycles. The van der Waals surface area contributed by atoms with E-state index in [0.717, 1.165) is 10.5 Å². The van der Waals surface area contributed by atoms with Crippen molar-refractivity contribution in [2.24, 2.45) is 0 Å². The molecule has 8 nitrogen and oxygen atoms in total. The first-order chi connectivity index (χ1) is 18.2. The quantitative estimate of drug-likeness (QED) is 0.391. The van der Waals surface area contributed by atoms with Gasteiger partial charge in [-0.3, -0.25) is 9.59 Å². The summed E-state index contributed by atoms with van der Waals surface area (Å²) in [5.41, 5.74) is 1.57. The minimum atomic E-state index is -1.20. The number of rotatable bonds is 8. The number of hydrogen-bond donors (Lipinski definition) is 0. The molecule has 0 radical (unpaired) electrons. The molecule has 198 valence electrons. The van der Waals surface area contributed by atoms with E-state index in [4.69, 9.17) is 14.2 Å².